The van der Waals surface area contributed by atoms with Crippen LogP contribution in [0.4, 0.5) is 11.6 Å². The van der Waals surface area contributed by atoms with Gasteiger partial charge in [-0.1, -0.05) is 0 Å². The first-order chi connectivity index (χ1) is 11.9. The summed E-state index contributed by atoms with van der Waals surface area (Å²) in [6, 6.07) is 5.78. The number of nitrogens with one attached hydrogen (secondary N) is 1. The molecule has 1 N–H and O–H groups in total. The molecule has 24 heavy (non-hydrogen) atoms. The minimum Gasteiger partial charge on any atom is -0.460 e. The number of hydrogen-bond acceptors (Lipinski definition) is 8. The highest BCUT2D eigenvalue weighted by atomic mass is 16.3. The van der Waals surface area contributed by atoms with Gasteiger partial charge in [-0.15, -0.1) is 20.4 Å². The van der Waals surface area contributed by atoms with Crippen LogP contribution in [-0.2, 0) is 0 Å². The zero-order valence-corrected chi connectivity index (χ0v) is 12.7. The van der Waals surface area contributed by atoms with Gasteiger partial charge in [-0.25, -0.2) is 0 Å². The van der Waals surface area contributed by atoms with E-state index >= 15 is 0 Å². The first kappa shape index (κ1) is 13.2. The van der Waals surface area contributed by atoms with Crippen LogP contribution < -0.4 is 10.2 Å². The van der Waals surface area contributed by atoms with Crippen LogP contribution in [0.2, 0.25) is 0 Å². The lowest BCUT2D eigenvalue weighted by atomic mass is 10.0. The first-order valence-electron chi connectivity index (χ1n) is 7.71. The molecule has 0 radical (unpaired) electrons. The van der Waals surface area contributed by atoms with Crippen LogP contribution in [-0.4, -0.2) is 49.6 Å². The summed E-state index contributed by atoms with van der Waals surface area (Å²) in [6.45, 7) is 2.70. The second-order valence-corrected chi connectivity index (χ2v) is 5.88. The molecule has 0 spiro atoms. The standard InChI is InChI=1S/C15H14N8O/c1-2-13(21-23-9-18-19-12(1)23)22-7-10(8-22)5-16-15-14-11(3-4-24-14)6-17-20-15/h1-4,6,9-10H,5,7-8H2,(H,16,20). The second kappa shape index (κ2) is 5.15. The molecule has 0 unspecified atom stereocenters. The number of nitrogens with zero attached hydrogens (tertiary/aromatic N) is 7. The fourth-order valence-electron chi connectivity index (χ4n) is 2.94. The molecule has 0 atom stereocenters. The fraction of sp³-hybridized carbons (Fsp3) is 0.267. The van der Waals surface area contributed by atoms with Crippen molar-refractivity contribution in [2.45, 2.75) is 0 Å². The maximum Gasteiger partial charge on any atom is 0.192 e. The Morgan fingerprint density at radius 3 is 3.08 bits per heavy atom. The molecule has 0 bridgehead atoms. The number of furan rings is 1. The molecule has 120 valence electrons. The van der Waals surface area contributed by atoms with Gasteiger partial charge in [0.05, 0.1) is 12.5 Å². The molecule has 5 heterocycles. The van der Waals surface area contributed by atoms with E-state index in [1.165, 1.54) is 0 Å². The fourth-order valence-corrected chi connectivity index (χ4v) is 2.94. The lowest BCUT2D eigenvalue weighted by Crippen LogP contribution is -2.50. The third kappa shape index (κ3) is 2.13. The third-order valence-corrected chi connectivity index (χ3v) is 4.25. The van der Waals surface area contributed by atoms with E-state index in [1.54, 1.807) is 23.3 Å². The highest BCUT2D eigenvalue weighted by Crippen LogP contribution is 2.25. The molecule has 5 rings (SSSR count). The first-order valence-corrected chi connectivity index (χ1v) is 7.71. The van der Waals surface area contributed by atoms with Gasteiger partial charge in [0.1, 0.15) is 12.1 Å². The Labute approximate surface area is 136 Å². The Bertz CT molecular complexity index is 1000. The quantitative estimate of drug-likeness (QED) is 0.599. The zero-order valence-electron chi connectivity index (χ0n) is 12.7. The summed E-state index contributed by atoms with van der Waals surface area (Å²) >= 11 is 0. The van der Waals surface area contributed by atoms with Crippen LogP contribution in [0, 0.1) is 5.92 Å². The van der Waals surface area contributed by atoms with Gasteiger partial charge < -0.3 is 14.6 Å². The summed E-state index contributed by atoms with van der Waals surface area (Å²) < 4.78 is 7.15. The minimum atomic E-state index is 0.524. The number of rotatable bonds is 4. The normalized spacial score (nSPS) is 15.1. The van der Waals surface area contributed by atoms with E-state index in [2.05, 4.69) is 35.7 Å². The monoisotopic (exact) mass is 322 g/mol. The van der Waals surface area contributed by atoms with Crippen LogP contribution in [0.15, 0.2) is 41.4 Å². The lowest BCUT2D eigenvalue weighted by Gasteiger charge is -2.40. The summed E-state index contributed by atoms with van der Waals surface area (Å²) in [5, 5.41) is 24.7. The van der Waals surface area contributed by atoms with E-state index in [4.69, 9.17) is 4.42 Å². The molecule has 9 heteroatoms. The molecule has 1 saturated heterocycles. The van der Waals surface area contributed by atoms with E-state index in [1.807, 2.05) is 18.2 Å². The molecule has 1 fully saturated rings. The summed E-state index contributed by atoms with van der Waals surface area (Å²) in [5.74, 6) is 2.15. The molecule has 1 aliphatic heterocycles. The summed E-state index contributed by atoms with van der Waals surface area (Å²) in [4.78, 5) is 2.23. The average molecular weight is 322 g/mol. The van der Waals surface area contributed by atoms with Crippen LogP contribution in [0.3, 0.4) is 0 Å². The Hall–Kier alpha value is -3.23. The van der Waals surface area contributed by atoms with Gasteiger partial charge >= 0.3 is 0 Å². The maximum absolute atomic E-state index is 5.46. The van der Waals surface area contributed by atoms with Crippen LogP contribution in [0.1, 0.15) is 0 Å². The lowest BCUT2D eigenvalue weighted by molar-refractivity contribution is 0.424. The maximum atomic E-state index is 5.46. The zero-order chi connectivity index (χ0) is 15.9. The van der Waals surface area contributed by atoms with Crippen molar-refractivity contribution < 1.29 is 4.42 Å². The Kier molecular flexibility index (Phi) is 2.84. The molecule has 0 amide bonds. The van der Waals surface area contributed by atoms with E-state index in [0.717, 1.165) is 42.1 Å². The minimum absolute atomic E-state index is 0.524. The molecular formula is C15H14N8O. The van der Waals surface area contributed by atoms with Gasteiger partial charge in [0.15, 0.2) is 17.0 Å². The van der Waals surface area contributed by atoms with E-state index in [-0.39, 0.29) is 0 Å². The van der Waals surface area contributed by atoms with Gasteiger partial charge in [-0.05, 0) is 18.2 Å². The largest absolute Gasteiger partial charge is 0.460 e. The molecule has 0 aliphatic carbocycles. The summed E-state index contributed by atoms with van der Waals surface area (Å²) in [7, 11) is 0. The number of hydrogen-bond donors (Lipinski definition) is 1. The van der Waals surface area contributed by atoms with Crippen LogP contribution in [0.25, 0.3) is 16.6 Å². The number of anilines is 2. The van der Waals surface area contributed by atoms with Crippen LogP contribution in [0.5, 0.6) is 0 Å². The van der Waals surface area contributed by atoms with Gasteiger partial charge in [0.25, 0.3) is 0 Å². The van der Waals surface area contributed by atoms with Gasteiger partial charge in [0, 0.05) is 30.9 Å². The van der Waals surface area contributed by atoms with Gasteiger partial charge in [-0.3, -0.25) is 0 Å². The van der Waals surface area contributed by atoms with E-state index < -0.39 is 0 Å². The topological polar surface area (TPSA) is 97.3 Å². The predicted molar refractivity (Wildman–Crippen MR) is 86.8 cm³/mol. The Morgan fingerprint density at radius 1 is 1.17 bits per heavy atom. The van der Waals surface area contributed by atoms with Gasteiger partial charge in [-0.2, -0.15) is 9.61 Å². The SMILES string of the molecule is c1cc2cnnc(NCC3CN(c4ccc5nncn5n4)C3)c2o1. The molecule has 0 aromatic carbocycles. The molecule has 9 nitrogen and oxygen atoms in total. The average Bonchev–Trinajstić information content (AvgIpc) is 3.22. The molecule has 0 saturated carbocycles. The van der Waals surface area contributed by atoms with Crippen LogP contribution >= 0.6 is 0 Å². The predicted octanol–water partition coefficient (Wildman–Crippen LogP) is 1.21. The van der Waals surface area contributed by atoms with Crippen molar-refractivity contribution in [2.75, 3.05) is 29.9 Å². The smallest absolute Gasteiger partial charge is 0.192 e. The van der Waals surface area contributed by atoms with Crippen molar-refractivity contribution in [3.8, 4) is 0 Å². The van der Waals surface area contributed by atoms with Crippen molar-refractivity contribution in [3.05, 3.63) is 37.0 Å². The van der Waals surface area contributed by atoms with Crippen molar-refractivity contribution in [2.24, 2.45) is 5.92 Å². The third-order valence-electron chi connectivity index (χ3n) is 4.25. The molecular weight excluding hydrogens is 308 g/mol. The van der Waals surface area contributed by atoms with Gasteiger partial charge in [0.2, 0.25) is 0 Å². The second-order valence-electron chi connectivity index (χ2n) is 5.88. The van der Waals surface area contributed by atoms with Crippen molar-refractivity contribution >= 4 is 28.3 Å². The molecule has 4 aromatic rings. The highest BCUT2D eigenvalue weighted by molar-refractivity contribution is 5.85. The van der Waals surface area contributed by atoms with E-state index in [9.17, 15) is 0 Å². The van der Waals surface area contributed by atoms with E-state index in [0.29, 0.717) is 11.7 Å². The highest BCUT2D eigenvalue weighted by Gasteiger charge is 2.28. The Morgan fingerprint density at radius 2 is 2.12 bits per heavy atom. The Balaban J connectivity index is 1.23. The molecule has 1 aliphatic rings. The summed E-state index contributed by atoms with van der Waals surface area (Å²) in [5.41, 5.74) is 1.50. The number of aromatic nitrogens is 6. The van der Waals surface area contributed by atoms with Crippen molar-refractivity contribution in [3.63, 3.8) is 0 Å². The van der Waals surface area contributed by atoms with Crippen molar-refractivity contribution in [1.82, 2.24) is 30.0 Å². The summed E-state index contributed by atoms with van der Waals surface area (Å²) in [6.07, 6.45) is 4.96. The molecule has 4 aromatic heterocycles. The number of fused-ring (bicyclic) bond motifs is 2. The van der Waals surface area contributed by atoms with Crippen molar-refractivity contribution in [1.29, 1.82) is 0 Å².